The summed E-state index contributed by atoms with van der Waals surface area (Å²) in [4.78, 5) is 4.40. The van der Waals surface area contributed by atoms with Gasteiger partial charge in [-0.05, 0) is 44.1 Å². The van der Waals surface area contributed by atoms with Crippen LogP contribution in [0, 0.1) is 12.3 Å². The molecular weight excluding hydrogens is 314 g/mol. The van der Waals surface area contributed by atoms with Crippen molar-refractivity contribution >= 4 is 17.0 Å². The van der Waals surface area contributed by atoms with Crippen molar-refractivity contribution in [2.45, 2.75) is 18.9 Å². The van der Waals surface area contributed by atoms with Crippen molar-refractivity contribution in [3.05, 3.63) is 48.4 Å². The largest absolute Gasteiger partial charge is 0.488 e. The van der Waals surface area contributed by atoms with E-state index in [2.05, 4.69) is 26.6 Å². The van der Waals surface area contributed by atoms with Gasteiger partial charge in [0.25, 0.3) is 0 Å². The number of ether oxygens (including phenoxy) is 1. The molecule has 126 valence electrons. The highest BCUT2D eigenvalue weighted by atomic mass is 16.5. The lowest BCUT2D eigenvalue weighted by molar-refractivity contribution is 0.164. The number of aromatic nitrogens is 3. The Morgan fingerprint density at radius 2 is 2.16 bits per heavy atom. The van der Waals surface area contributed by atoms with Crippen molar-refractivity contribution in [3.63, 3.8) is 0 Å². The van der Waals surface area contributed by atoms with E-state index in [1.165, 1.54) is 6.33 Å². The molecule has 1 aliphatic heterocycles. The summed E-state index contributed by atoms with van der Waals surface area (Å²) >= 11 is 0. The van der Waals surface area contributed by atoms with Crippen LogP contribution in [0.4, 0.5) is 11.5 Å². The molecule has 1 saturated heterocycles. The minimum Gasteiger partial charge on any atom is -0.488 e. The van der Waals surface area contributed by atoms with E-state index < -0.39 is 0 Å². The third-order valence-corrected chi connectivity index (χ3v) is 4.29. The number of hydrogen-bond donors (Lipinski definition) is 2. The molecule has 1 fully saturated rings. The minimum atomic E-state index is 0.213. The van der Waals surface area contributed by atoms with Gasteiger partial charge in [0.2, 0.25) is 0 Å². The summed E-state index contributed by atoms with van der Waals surface area (Å²) in [7, 11) is 0. The Kier molecular flexibility index (Phi) is 4.23. The first-order valence-corrected chi connectivity index (χ1v) is 8.37. The number of terminal acetylenes is 1. The Morgan fingerprint density at radius 3 is 3.00 bits per heavy atom. The van der Waals surface area contributed by atoms with Crippen molar-refractivity contribution in [1.82, 2.24) is 19.9 Å². The summed E-state index contributed by atoms with van der Waals surface area (Å²) in [6.07, 6.45) is 11.1. The van der Waals surface area contributed by atoms with Crippen molar-refractivity contribution < 1.29 is 4.74 Å². The Bertz CT molecular complexity index is 921. The van der Waals surface area contributed by atoms with Gasteiger partial charge in [-0.3, -0.25) is 0 Å². The molecule has 6 nitrogen and oxygen atoms in total. The highest BCUT2D eigenvalue weighted by molar-refractivity contribution is 5.79. The van der Waals surface area contributed by atoms with Gasteiger partial charge in [-0.1, -0.05) is 12.0 Å². The minimum absolute atomic E-state index is 0.213. The van der Waals surface area contributed by atoms with E-state index in [4.69, 9.17) is 11.2 Å². The molecule has 2 N–H and O–H groups in total. The fourth-order valence-electron chi connectivity index (χ4n) is 3.03. The number of nitrogens with one attached hydrogen (secondary N) is 2. The van der Waals surface area contributed by atoms with Gasteiger partial charge in [0.1, 0.15) is 17.9 Å². The quantitative estimate of drug-likeness (QED) is 0.719. The number of fused-ring (bicyclic) bond motifs is 1. The Labute approximate surface area is 146 Å². The van der Waals surface area contributed by atoms with Crippen LogP contribution in [-0.2, 0) is 0 Å². The molecule has 25 heavy (non-hydrogen) atoms. The molecule has 6 heteroatoms. The predicted octanol–water partition coefficient (Wildman–Crippen LogP) is 2.59. The van der Waals surface area contributed by atoms with Crippen LogP contribution in [0.5, 0.6) is 5.75 Å². The van der Waals surface area contributed by atoms with Gasteiger partial charge in [-0.25, -0.2) is 9.50 Å². The molecular formula is C19H19N5O. The second-order valence-electron chi connectivity index (χ2n) is 6.00. The number of hydrogen-bond acceptors (Lipinski definition) is 5. The zero-order valence-electron chi connectivity index (χ0n) is 13.8. The van der Waals surface area contributed by atoms with Gasteiger partial charge >= 0.3 is 0 Å². The first kappa shape index (κ1) is 15.5. The van der Waals surface area contributed by atoms with Crippen molar-refractivity contribution in [1.29, 1.82) is 0 Å². The summed E-state index contributed by atoms with van der Waals surface area (Å²) < 4.78 is 7.99. The number of anilines is 2. The van der Waals surface area contributed by atoms with Crippen LogP contribution in [0.15, 0.2) is 42.9 Å². The van der Waals surface area contributed by atoms with E-state index in [1.54, 1.807) is 4.52 Å². The maximum atomic E-state index is 6.22. The van der Waals surface area contributed by atoms with Crippen LogP contribution in [0.2, 0.25) is 0 Å². The zero-order valence-corrected chi connectivity index (χ0v) is 13.8. The SMILES string of the molecule is C#Cc1cccc(Nc2ncnn3ccc(OC4CCNCC4)c23)c1. The van der Waals surface area contributed by atoms with E-state index in [9.17, 15) is 0 Å². The molecule has 3 heterocycles. The number of nitrogens with zero attached hydrogens (tertiary/aromatic N) is 3. The van der Waals surface area contributed by atoms with E-state index in [0.29, 0.717) is 5.82 Å². The summed E-state index contributed by atoms with van der Waals surface area (Å²) in [6, 6.07) is 9.61. The zero-order chi connectivity index (χ0) is 17.1. The first-order chi connectivity index (χ1) is 12.3. The summed E-state index contributed by atoms with van der Waals surface area (Å²) in [5.41, 5.74) is 2.52. The normalized spacial score (nSPS) is 15.0. The lowest BCUT2D eigenvalue weighted by Crippen LogP contribution is -2.34. The Balaban J connectivity index is 1.66. The summed E-state index contributed by atoms with van der Waals surface area (Å²) in [5, 5.41) is 10.9. The third-order valence-electron chi connectivity index (χ3n) is 4.29. The molecule has 0 radical (unpaired) electrons. The first-order valence-electron chi connectivity index (χ1n) is 8.37. The maximum Gasteiger partial charge on any atom is 0.162 e. The second kappa shape index (κ2) is 6.83. The summed E-state index contributed by atoms with van der Waals surface area (Å²) in [5.74, 6) is 4.13. The molecule has 0 unspecified atom stereocenters. The highest BCUT2D eigenvalue weighted by Crippen LogP contribution is 2.30. The lowest BCUT2D eigenvalue weighted by Gasteiger charge is -2.23. The molecule has 0 atom stereocenters. The van der Waals surface area contributed by atoms with Crippen molar-refractivity contribution in [2.75, 3.05) is 18.4 Å². The second-order valence-corrected chi connectivity index (χ2v) is 6.00. The number of benzene rings is 1. The topological polar surface area (TPSA) is 63.5 Å². The van der Waals surface area contributed by atoms with E-state index in [-0.39, 0.29) is 6.10 Å². The molecule has 0 amide bonds. The van der Waals surface area contributed by atoms with Gasteiger partial charge in [0, 0.05) is 23.5 Å². The van der Waals surface area contributed by atoms with Crippen LogP contribution < -0.4 is 15.4 Å². The molecule has 4 rings (SSSR count). The van der Waals surface area contributed by atoms with Crippen LogP contribution in [0.3, 0.4) is 0 Å². The van der Waals surface area contributed by atoms with Crippen LogP contribution in [-0.4, -0.2) is 33.8 Å². The maximum absolute atomic E-state index is 6.22. The van der Waals surface area contributed by atoms with Gasteiger partial charge in [-0.15, -0.1) is 6.42 Å². The van der Waals surface area contributed by atoms with E-state index >= 15 is 0 Å². The third kappa shape index (κ3) is 3.28. The number of piperidine rings is 1. The van der Waals surface area contributed by atoms with E-state index in [0.717, 1.165) is 48.4 Å². The van der Waals surface area contributed by atoms with Crippen LogP contribution >= 0.6 is 0 Å². The van der Waals surface area contributed by atoms with E-state index in [1.807, 2.05) is 36.5 Å². The van der Waals surface area contributed by atoms with Gasteiger partial charge in [-0.2, -0.15) is 5.10 Å². The Morgan fingerprint density at radius 1 is 1.28 bits per heavy atom. The lowest BCUT2D eigenvalue weighted by atomic mass is 10.1. The highest BCUT2D eigenvalue weighted by Gasteiger charge is 2.18. The molecule has 1 aliphatic rings. The van der Waals surface area contributed by atoms with Crippen molar-refractivity contribution in [3.8, 4) is 18.1 Å². The van der Waals surface area contributed by atoms with Crippen LogP contribution in [0.25, 0.3) is 5.52 Å². The fourth-order valence-corrected chi connectivity index (χ4v) is 3.03. The van der Waals surface area contributed by atoms with Crippen molar-refractivity contribution in [2.24, 2.45) is 0 Å². The predicted molar refractivity (Wildman–Crippen MR) is 97.2 cm³/mol. The van der Waals surface area contributed by atoms with Crippen LogP contribution in [0.1, 0.15) is 18.4 Å². The molecule has 1 aromatic carbocycles. The molecule has 2 aromatic heterocycles. The average Bonchev–Trinajstić information content (AvgIpc) is 3.07. The Hall–Kier alpha value is -3.04. The smallest absolute Gasteiger partial charge is 0.162 e. The van der Waals surface area contributed by atoms with Gasteiger partial charge in [0.15, 0.2) is 11.6 Å². The molecule has 0 spiro atoms. The fraction of sp³-hybridized carbons (Fsp3) is 0.263. The standard InChI is InChI=1S/C19H19N5O/c1-2-14-4-3-5-15(12-14)23-19-18-17(8-11-24(18)22-13-21-19)25-16-6-9-20-10-7-16/h1,3-5,8,11-13,16,20H,6-7,9-10H2,(H,21,22,23). The molecule has 3 aromatic rings. The molecule has 0 bridgehead atoms. The molecule has 0 aliphatic carbocycles. The average molecular weight is 333 g/mol. The van der Waals surface area contributed by atoms with Gasteiger partial charge < -0.3 is 15.4 Å². The monoisotopic (exact) mass is 333 g/mol. The number of rotatable bonds is 4. The van der Waals surface area contributed by atoms with Gasteiger partial charge in [0.05, 0.1) is 0 Å². The molecule has 0 saturated carbocycles. The summed E-state index contributed by atoms with van der Waals surface area (Å²) in [6.45, 7) is 1.97.